The largest absolute Gasteiger partial charge is 0.479 e. The summed E-state index contributed by atoms with van der Waals surface area (Å²) in [5.74, 6) is -1.03. The smallest absolute Gasteiger partial charge is 0.337 e. The molecular formula is C13H18N2O4. The van der Waals surface area contributed by atoms with Crippen molar-refractivity contribution in [3.8, 4) is 0 Å². The molecule has 6 heteroatoms. The van der Waals surface area contributed by atoms with Crippen LogP contribution in [-0.2, 0) is 10.3 Å². The van der Waals surface area contributed by atoms with Gasteiger partial charge in [0.1, 0.15) is 5.76 Å². The number of carbonyl (C=O) groups is 2. The fourth-order valence-electron chi connectivity index (χ4n) is 1.40. The van der Waals surface area contributed by atoms with Gasteiger partial charge in [-0.15, -0.1) is 0 Å². The second kappa shape index (κ2) is 6.08. The number of nitrogens with one attached hydrogen (secondary N) is 2. The average molecular weight is 266 g/mol. The second-order valence-corrected chi connectivity index (χ2v) is 4.52. The van der Waals surface area contributed by atoms with Gasteiger partial charge in [0.05, 0.1) is 6.26 Å². The molecule has 0 aliphatic carbocycles. The number of furan rings is 1. The van der Waals surface area contributed by atoms with Crippen molar-refractivity contribution in [3.05, 3.63) is 35.8 Å². The zero-order valence-electron chi connectivity index (χ0n) is 11.2. The fourth-order valence-corrected chi connectivity index (χ4v) is 1.40. The molecule has 6 nitrogen and oxygen atoms in total. The molecule has 0 radical (unpaired) electrons. The van der Waals surface area contributed by atoms with E-state index in [2.05, 4.69) is 10.6 Å². The Bertz CT molecular complexity index is 475. The Labute approximate surface area is 111 Å². The number of hydrogen-bond acceptors (Lipinski definition) is 3. The standard InChI is InChI=1S/C13H18N2O4/c1-9(2)6-7-14-12(18)15-13(3,11(16)17)10-5-4-8-19-10/h4-6,8H,7H2,1-3H3,(H,16,17)(H2,14,15,18). The summed E-state index contributed by atoms with van der Waals surface area (Å²) in [6.45, 7) is 5.52. The van der Waals surface area contributed by atoms with Crippen LogP contribution in [0.4, 0.5) is 4.79 Å². The van der Waals surface area contributed by atoms with Gasteiger partial charge in [0.25, 0.3) is 0 Å². The number of rotatable bonds is 5. The topological polar surface area (TPSA) is 91.6 Å². The first-order valence-electron chi connectivity index (χ1n) is 5.83. The zero-order valence-corrected chi connectivity index (χ0v) is 11.2. The van der Waals surface area contributed by atoms with Crippen molar-refractivity contribution in [1.29, 1.82) is 0 Å². The summed E-state index contributed by atoms with van der Waals surface area (Å²) in [6, 6.07) is 2.50. The molecule has 0 saturated carbocycles. The molecule has 0 fully saturated rings. The molecule has 0 aliphatic heterocycles. The summed E-state index contributed by atoms with van der Waals surface area (Å²) in [6.07, 6.45) is 3.18. The molecule has 1 rings (SSSR count). The van der Waals surface area contributed by atoms with E-state index in [1.807, 2.05) is 19.9 Å². The number of amides is 2. The van der Waals surface area contributed by atoms with E-state index in [4.69, 9.17) is 4.42 Å². The summed E-state index contributed by atoms with van der Waals surface area (Å²) in [5, 5.41) is 14.2. The Morgan fingerprint density at radius 3 is 2.63 bits per heavy atom. The maximum atomic E-state index is 11.7. The maximum absolute atomic E-state index is 11.7. The molecule has 0 spiro atoms. The van der Waals surface area contributed by atoms with Crippen molar-refractivity contribution in [2.45, 2.75) is 26.3 Å². The van der Waals surface area contributed by atoms with Crippen LogP contribution in [0.15, 0.2) is 34.5 Å². The number of urea groups is 1. The maximum Gasteiger partial charge on any atom is 0.337 e. The van der Waals surface area contributed by atoms with Crippen molar-refractivity contribution >= 4 is 12.0 Å². The molecule has 1 unspecified atom stereocenters. The Morgan fingerprint density at radius 2 is 2.16 bits per heavy atom. The second-order valence-electron chi connectivity index (χ2n) is 4.52. The molecule has 1 heterocycles. The van der Waals surface area contributed by atoms with Gasteiger partial charge in [-0.25, -0.2) is 9.59 Å². The van der Waals surface area contributed by atoms with E-state index in [-0.39, 0.29) is 5.76 Å². The van der Waals surface area contributed by atoms with E-state index in [0.717, 1.165) is 5.57 Å². The summed E-state index contributed by atoms with van der Waals surface area (Å²) in [7, 11) is 0. The molecule has 1 atom stereocenters. The summed E-state index contributed by atoms with van der Waals surface area (Å²) in [4.78, 5) is 23.0. The predicted molar refractivity (Wildman–Crippen MR) is 69.7 cm³/mol. The van der Waals surface area contributed by atoms with Gasteiger partial charge in [0.15, 0.2) is 5.54 Å². The quantitative estimate of drug-likeness (QED) is 0.709. The lowest BCUT2D eigenvalue weighted by molar-refractivity contribution is -0.144. The van der Waals surface area contributed by atoms with Gasteiger partial charge in [-0.2, -0.15) is 0 Å². The predicted octanol–water partition coefficient (Wildman–Crippen LogP) is 1.84. The Balaban J connectivity index is 2.73. The monoisotopic (exact) mass is 266 g/mol. The average Bonchev–Trinajstić information content (AvgIpc) is 2.81. The number of carboxylic acid groups (broad SMARTS) is 1. The third-order valence-electron chi connectivity index (χ3n) is 2.58. The highest BCUT2D eigenvalue weighted by atomic mass is 16.4. The lowest BCUT2D eigenvalue weighted by Crippen LogP contribution is -2.52. The number of allylic oxidation sites excluding steroid dienone is 1. The van der Waals surface area contributed by atoms with Crippen LogP contribution >= 0.6 is 0 Å². The van der Waals surface area contributed by atoms with E-state index >= 15 is 0 Å². The minimum absolute atomic E-state index is 0.164. The van der Waals surface area contributed by atoms with Gasteiger partial charge in [-0.1, -0.05) is 11.6 Å². The molecule has 0 aliphatic rings. The van der Waals surface area contributed by atoms with Crippen molar-refractivity contribution < 1.29 is 19.1 Å². The number of aliphatic carboxylic acids is 1. The molecule has 0 aromatic carbocycles. The third-order valence-corrected chi connectivity index (χ3v) is 2.58. The summed E-state index contributed by atoms with van der Waals surface area (Å²) in [5.41, 5.74) is -0.536. The van der Waals surface area contributed by atoms with Crippen molar-refractivity contribution in [3.63, 3.8) is 0 Å². The van der Waals surface area contributed by atoms with E-state index < -0.39 is 17.5 Å². The van der Waals surface area contributed by atoms with Crippen LogP contribution in [0.1, 0.15) is 26.5 Å². The van der Waals surface area contributed by atoms with E-state index in [1.54, 1.807) is 6.07 Å². The van der Waals surface area contributed by atoms with Gasteiger partial charge < -0.3 is 20.2 Å². The van der Waals surface area contributed by atoms with Crippen LogP contribution in [0.25, 0.3) is 0 Å². The van der Waals surface area contributed by atoms with E-state index in [1.165, 1.54) is 19.3 Å². The molecule has 19 heavy (non-hydrogen) atoms. The summed E-state index contributed by atoms with van der Waals surface area (Å²) >= 11 is 0. The van der Waals surface area contributed by atoms with Crippen LogP contribution in [0.3, 0.4) is 0 Å². The minimum Gasteiger partial charge on any atom is -0.479 e. The van der Waals surface area contributed by atoms with E-state index in [0.29, 0.717) is 6.54 Å². The lowest BCUT2D eigenvalue weighted by atomic mass is 9.99. The highest BCUT2D eigenvalue weighted by Gasteiger charge is 2.39. The van der Waals surface area contributed by atoms with Crippen LogP contribution in [0, 0.1) is 0 Å². The van der Waals surface area contributed by atoms with Gasteiger partial charge in [-0.05, 0) is 32.9 Å². The number of carboxylic acids is 1. The molecule has 3 N–H and O–H groups in total. The van der Waals surface area contributed by atoms with Gasteiger partial charge in [-0.3, -0.25) is 0 Å². The first-order valence-corrected chi connectivity index (χ1v) is 5.83. The number of carbonyl (C=O) groups excluding carboxylic acids is 1. The first kappa shape index (κ1) is 14.8. The Hall–Kier alpha value is -2.24. The Morgan fingerprint density at radius 1 is 1.47 bits per heavy atom. The van der Waals surface area contributed by atoms with Crippen molar-refractivity contribution in [1.82, 2.24) is 10.6 Å². The molecule has 0 bridgehead atoms. The number of hydrogen-bond donors (Lipinski definition) is 3. The SMILES string of the molecule is CC(C)=CCNC(=O)NC(C)(C(=O)O)c1ccco1. The fraction of sp³-hybridized carbons (Fsp3) is 0.385. The molecule has 2 amide bonds. The molecule has 1 aromatic heterocycles. The van der Waals surface area contributed by atoms with Gasteiger partial charge >= 0.3 is 12.0 Å². The first-order chi connectivity index (χ1) is 8.86. The third kappa shape index (κ3) is 3.87. The van der Waals surface area contributed by atoms with Crippen LogP contribution in [0.5, 0.6) is 0 Å². The van der Waals surface area contributed by atoms with Gasteiger partial charge in [0, 0.05) is 6.54 Å². The van der Waals surface area contributed by atoms with Crippen LogP contribution < -0.4 is 10.6 Å². The van der Waals surface area contributed by atoms with Crippen LogP contribution in [0.2, 0.25) is 0 Å². The van der Waals surface area contributed by atoms with Crippen molar-refractivity contribution in [2.24, 2.45) is 0 Å². The highest BCUT2D eigenvalue weighted by molar-refractivity contribution is 5.86. The normalized spacial score (nSPS) is 13.2. The minimum atomic E-state index is -1.60. The summed E-state index contributed by atoms with van der Waals surface area (Å²) < 4.78 is 5.07. The van der Waals surface area contributed by atoms with E-state index in [9.17, 15) is 14.7 Å². The molecule has 104 valence electrons. The zero-order chi connectivity index (χ0) is 14.5. The highest BCUT2D eigenvalue weighted by Crippen LogP contribution is 2.21. The van der Waals surface area contributed by atoms with Gasteiger partial charge in [0.2, 0.25) is 0 Å². The van der Waals surface area contributed by atoms with Crippen molar-refractivity contribution in [2.75, 3.05) is 6.54 Å². The molecule has 0 saturated heterocycles. The Kier molecular flexibility index (Phi) is 4.74. The lowest BCUT2D eigenvalue weighted by Gasteiger charge is -2.23. The molecule has 1 aromatic rings. The van der Waals surface area contributed by atoms with Crippen LogP contribution in [-0.4, -0.2) is 23.7 Å². The molecular weight excluding hydrogens is 248 g/mol.